The molecule has 106 valence electrons. The van der Waals surface area contributed by atoms with Crippen molar-refractivity contribution in [2.24, 2.45) is 24.3 Å². The fraction of sp³-hybridized carbons (Fsp3) is 0.812. The summed E-state index contributed by atoms with van der Waals surface area (Å²) in [5.41, 5.74) is 3.16. The zero-order valence-corrected chi connectivity index (χ0v) is 12.6. The van der Waals surface area contributed by atoms with E-state index in [1.807, 2.05) is 0 Å². The third-order valence-corrected chi connectivity index (χ3v) is 5.16. The van der Waals surface area contributed by atoms with Crippen molar-refractivity contribution in [3.05, 3.63) is 17.5 Å². The minimum absolute atomic E-state index is 0.502. The van der Waals surface area contributed by atoms with Gasteiger partial charge in [-0.25, -0.2) is 0 Å². The Kier molecular flexibility index (Phi) is 3.42. The minimum atomic E-state index is 0.502. The normalized spacial score (nSPS) is 32.6. The van der Waals surface area contributed by atoms with Gasteiger partial charge in [-0.1, -0.05) is 13.8 Å². The molecule has 19 heavy (non-hydrogen) atoms. The minimum Gasteiger partial charge on any atom is -0.316 e. The maximum Gasteiger partial charge on any atom is 0.0624 e. The number of fused-ring (bicyclic) bond motifs is 1. The number of aromatic nitrogens is 2. The third kappa shape index (κ3) is 2.58. The standard InChI is InChI=1S/C16H27N3/c1-4-14-7-15(19(3)18-14)10-16(11-17-5-2)8-12-6-13(12)9-16/h7,12-13,17H,4-6,8-11H2,1-3H3. The molecule has 0 aliphatic heterocycles. The fourth-order valence-corrected chi connectivity index (χ4v) is 4.04. The lowest BCUT2D eigenvalue weighted by atomic mass is 9.78. The SMILES string of the molecule is CCNCC1(Cc2cc(CC)nn2C)CC2CC2C1. The summed E-state index contributed by atoms with van der Waals surface area (Å²) in [6.07, 6.45) is 6.60. The average Bonchev–Trinajstić information content (AvgIpc) is 2.86. The summed E-state index contributed by atoms with van der Waals surface area (Å²) in [5, 5.41) is 8.21. The quantitative estimate of drug-likeness (QED) is 0.853. The van der Waals surface area contributed by atoms with Crippen LogP contribution in [0.4, 0.5) is 0 Å². The highest BCUT2D eigenvalue weighted by molar-refractivity contribution is 5.15. The van der Waals surface area contributed by atoms with Crippen molar-refractivity contribution in [3.8, 4) is 0 Å². The van der Waals surface area contributed by atoms with Gasteiger partial charge in [-0.05, 0) is 62.0 Å². The van der Waals surface area contributed by atoms with Crippen LogP contribution < -0.4 is 5.32 Å². The molecule has 3 heteroatoms. The lowest BCUT2D eigenvalue weighted by Crippen LogP contribution is -2.35. The number of rotatable bonds is 6. The molecule has 2 unspecified atom stereocenters. The Morgan fingerprint density at radius 1 is 1.37 bits per heavy atom. The number of aryl methyl sites for hydroxylation is 2. The summed E-state index contributed by atoms with van der Waals surface area (Å²) in [7, 11) is 2.10. The van der Waals surface area contributed by atoms with Gasteiger partial charge in [0.05, 0.1) is 5.69 Å². The molecular formula is C16H27N3. The van der Waals surface area contributed by atoms with Gasteiger partial charge in [-0.15, -0.1) is 0 Å². The monoisotopic (exact) mass is 261 g/mol. The lowest BCUT2D eigenvalue weighted by molar-refractivity contribution is 0.245. The van der Waals surface area contributed by atoms with Crippen molar-refractivity contribution in [1.82, 2.24) is 15.1 Å². The highest BCUT2D eigenvalue weighted by Gasteiger charge is 2.53. The molecule has 1 aromatic rings. The number of nitrogens with zero attached hydrogens (tertiary/aromatic N) is 2. The van der Waals surface area contributed by atoms with Gasteiger partial charge in [0.1, 0.15) is 0 Å². The lowest BCUT2D eigenvalue weighted by Gasteiger charge is -2.31. The number of hydrogen-bond acceptors (Lipinski definition) is 2. The van der Waals surface area contributed by atoms with Crippen molar-refractivity contribution >= 4 is 0 Å². The molecule has 0 saturated heterocycles. The van der Waals surface area contributed by atoms with Crippen molar-refractivity contribution in [2.45, 2.75) is 46.0 Å². The highest BCUT2D eigenvalue weighted by Crippen LogP contribution is 2.60. The molecule has 1 N–H and O–H groups in total. The van der Waals surface area contributed by atoms with E-state index >= 15 is 0 Å². The Labute approximate surface area is 116 Å². The smallest absolute Gasteiger partial charge is 0.0624 e. The Morgan fingerprint density at radius 3 is 2.68 bits per heavy atom. The van der Waals surface area contributed by atoms with Gasteiger partial charge in [0, 0.05) is 19.3 Å². The van der Waals surface area contributed by atoms with Gasteiger partial charge in [0.2, 0.25) is 0 Å². The molecule has 0 bridgehead atoms. The molecule has 0 radical (unpaired) electrons. The van der Waals surface area contributed by atoms with Crippen LogP contribution >= 0.6 is 0 Å². The highest BCUT2D eigenvalue weighted by atomic mass is 15.3. The molecule has 0 spiro atoms. The van der Waals surface area contributed by atoms with Crippen LogP contribution in [0.3, 0.4) is 0 Å². The molecule has 2 aliphatic carbocycles. The molecular weight excluding hydrogens is 234 g/mol. The largest absolute Gasteiger partial charge is 0.316 e. The Bertz CT molecular complexity index is 439. The summed E-state index contributed by atoms with van der Waals surface area (Å²) in [5.74, 6) is 2.08. The van der Waals surface area contributed by atoms with E-state index in [1.165, 1.54) is 43.6 Å². The number of nitrogens with one attached hydrogen (secondary N) is 1. The first-order valence-corrected chi connectivity index (χ1v) is 7.88. The molecule has 1 aromatic heterocycles. The first kappa shape index (κ1) is 13.2. The van der Waals surface area contributed by atoms with Gasteiger partial charge in [0.15, 0.2) is 0 Å². The van der Waals surface area contributed by atoms with Crippen molar-refractivity contribution < 1.29 is 0 Å². The van der Waals surface area contributed by atoms with Gasteiger partial charge in [-0.3, -0.25) is 4.68 Å². The second kappa shape index (κ2) is 4.93. The zero-order valence-electron chi connectivity index (χ0n) is 12.6. The van der Waals surface area contributed by atoms with Crippen LogP contribution in [-0.2, 0) is 19.9 Å². The van der Waals surface area contributed by atoms with Crippen LogP contribution in [0.5, 0.6) is 0 Å². The van der Waals surface area contributed by atoms with Crippen molar-refractivity contribution in [3.63, 3.8) is 0 Å². The second-order valence-electron chi connectivity index (χ2n) is 6.73. The van der Waals surface area contributed by atoms with Gasteiger partial charge < -0.3 is 5.32 Å². The summed E-state index contributed by atoms with van der Waals surface area (Å²) in [6.45, 7) is 6.67. The molecule has 2 atom stereocenters. The average molecular weight is 261 g/mol. The molecule has 0 aromatic carbocycles. The molecule has 2 fully saturated rings. The maximum atomic E-state index is 4.61. The van der Waals surface area contributed by atoms with E-state index in [0.29, 0.717) is 5.41 Å². The third-order valence-electron chi connectivity index (χ3n) is 5.16. The van der Waals surface area contributed by atoms with E-state index in [1.54, 1.807) is 0 Å². The summed E-state index contributed by atoms with van der Waals surface area (Å²) >= 11 is 0. The zero-order chi connectivity index (χ0) is 13.5. The molecule has 0 amide bonds. The summed E-state index contributed by atoms with van der Waals surface area (Å²) < 4.78 is 2.11. The molecule has 3 rings (SSSR count). The van der Waals surface area contributed by atoms with Crippen LogP contribution in [-0.4, -0.2) is 22.9 Å². The van der Waals surface area contributed by atoms with E-state index in [4.69, 9.17) is 0 Å². The first-order valence-electron chi connectivity index (χ1n) is 7.88. The van der Waals surface area contributed by atoms with Gasteiger partial charge in [0.25, 0.3) is 0 Å². The Morgan fingerprint density at radius 2 is 2.11 bits per heavy atom. The van der Waals surface area contributed by atoms with Crippen molar-refractivity contribution in [1.29, 1.82) is 0 Å². The molecule has 2 aliphatic rings. The van der Waals surface area contributed by atoms with E-state index in [-0.39, 0.29) is 0 Å². The fourth-order valence-electron chi connectivity index (χ4n) is 4.04. The second-order valence-corrected chi connectivity index (χ2v) is 6.73. The predicted octanol–water partition coefficient (Wildman–Crippen LogP) is 2.55. The molecule has 3 nitrogen and oxygen atoms in total. The van der Waals surface area contributed by atoms with Crippen LogP contribution in [0.15, 0.2) is 6.07 Å². The van der Waals surface area contributed by atoms with E-state index in [0.717, 1.165) is 24.8 Å². The van der Waals surface area contributed by atoms with Crippen LogP contribution in [0, 0.1) is 17.3 Å². The van der Waals surface area contributed by atoms with Gasteiger partial charge >= 0.3 is 0 Å². The molecule has 2 saturated carbocycles. The Hall–Kier alpha value is -0.830. The van der Waals surface area contributed by atoms with Crippen LogP contribution in [0.1, 0.15) is 44.5 Å². The van der Waals surface area contributed by atoms with Crippen LogP contribution in [0.25, 0.3) is 0 Å². The predicted molar refractivity (Wildman–Crippen MR) is 78.1 cm³/mol. The van der Waals surface area contributed by atoms with E-state index in [2.05, 4.69) is 42.1 Å². The molecule has 1 heterocycles. The van der Waals surface area contributed by atoms with Crippen molar-refractivity contribution in [2.75, 3.05) is 13.1 Å². The maximum absolute atomic E-state index is 4.61. The Balaban J connectivity index is 1.75. The summed E-state index contributed by atoms with van der Waals surface area (Å²) in [6, 6.07) is 2.32. The van der Waals surface area contributed by atoms with E-state index in [9.17, 15) is 0 Å². The summed E-state index contributed by atoms with van der Waals surface area (Å²) in [4.78, 5) is 0. The number of hydrogen-bond donors (Lipinski definition) is 1. The first-order chi connectivity index (χ1) is 9.15. The van der Waals surface area contributed by atoms with E-state index < -0.39 is 0 Å². The van der Waals surface area contributed by atoms with Gasteiger partial charge in [-0.2, -0.15) is 5.10 Å². The van der Waals surface area contributed by atoms with Crippen LogP contribution in [0.2, 0.25) is 0 Å². The topological polar surface area (TPSA) is 29.9 Å².